The van der Waals surface area contributed by atoms with Crippen LogP contribution < -0.4 is 10.2 Å². The molecule has 0 atom stereocenters. The first-order chi connectivity index (χ1) is 13.5. The van der Waals surface area contributed by atoms with Gasteiger partial charge < -0.3 is 10.2 Å². The zero-order valence-corrected chi connectivity index (χ0v) is 16.2. The van der Waals surface area contributed by atoms with Crippen LogP contribution in [0.25, 0.3) is 0 Å². The average molecular weight is 386 g/mol. The van der Waals surface area contributed by atoms with Gasteiger partial charge in [-0.1, -0.05) is 13.8 Å². The van der Waals surface area contributed by atoms with Gasteiger partial charge in [0.25, 0.3) is 11.4 Å². The van der Waals surface area contributed by atoms with Gasteiger partial charge in [-0.15, -0.1) is 0 Å². The molecule has 0 saturated carbocycles. The van der Waals surface area contributed by atoms with E-state index in [-0.39, 0.29) is 16.3 Å². The zero-order chi connectivity index (χ0) is 20.5. The molecule has 0 aliphatic carbocycles. The number of nitrogens with one attached hydrogen (secondary N) is 1. The second-order valence-corrected chi connectivity index (χ2v) is 6.39. The van der Waals surface area contributed by atoms with E-state index >= 15 is 0 Å². The molecule has 0 bridgehead atoms. The van der Waals surface area contributed by atoms with E-state index in [0.717, 1.165) is 43.9 Å². The number of hydrogen-bond acceptors (Lipinski definition) is 6. The summed E-state index contributed by atoms with van der Waals surface area (Å²) in [6.07, 6.45) is 2.05. The van der Waals surface area contributed by atoms with Crippen LogP contribution in [0, 0.1) is 26.1 Å². The number of nitro benzene ring substituents is 2. The minimum absolute atomic E-state index is 0.0898. The largest absolute Gasteiger partial charge is 0.385 e. The van der Waals surface area contributed by atoms with Gasteiger partial charge in [0.15, 0.2) is 0 Å². The molecule has 0 radical (unpaired) electrons. The third kappa shape index (κ3) is 5.67. The van der Waals surface area contributed by atoms with Crippen molar-refractivity contribution in [3.63, 3.8) is 0 Å². The maximum atomic E-state index is 10.7. The SMILES string of the molecule is CC.O=[N+]([O-])c1ccc(NCC2CCN(c3ccc([N+](=O)[O-])cc3)CC2)cc1. The zero-order valence-electron chi connectivity index (χ0n) is 16.2. The lowest BCUT2D eigenvalue weighted by atomic mass is 9.96. The summed E-state index contributed by atoms with van der Waals surface area (Å²) in [7, 11) is 0. The molecule has 1 heterocycles. The molecule has 0 aromatic heterocycles. The Labute approximate surface area is 164 Å². The molecule has 0 amide bonds. The highest BCUT2D eigenvalue weighted by Crippen LogP contribution is 2.25. The van der Waals surface area contributed by atoms with Gasteiger partial charge in [0, 0.05) is 55.3 Å². The van der Waals surface area contributed by atoms with E-state index in [0.29, 0.717) is 5.92 Å². The smallest absolute Gasteiger partial charge is 0.269 e. The summed E-state index contributed by atoms with van der Waals surface area (Å²) in [4.78, 5) is 22.8. The van der Waals surface area contributed by atoms with Crippen molar-refractivity contribution in [3.05, 3.63) is 68.8 Å². The van der Waals surface area contributed by atoms with Crippen molar-refractivity contribution < 1.29 is 9.85 Å². The van der Waals surface area contributed by atoms with E-state index in [2.05, 4.69) is 10.2 Å². The van der Waals surface area contributed by atoms with E-state index in [4.69, 9.17) is 0 Å². The monoisotopic (exact) mass is 386 g/mol. The van der Waals surface area contributed by atoms with Crippen molar-refractivity contribution in [2.24, 2.45) is 5.92 Å². The predicted molar refractivity (Wildman–Crippen MR) is 111 cm³/mol. The highest BCUT2D eigenvalue weighted by atomic mass is 16.6. The summed E-state index contributed by atoms with van der Waals surface area (Å²) in [6, 6.07) is 13.1. The number of nitro groups is 2. The van der Waals surface area contributed by atoms with E-state index in [1.54, 1.807) is 24.3 Å². The molecule has 150 valence electrons. The Kier molecular flexibility index (Phi) is 7.74. The molecule has 1 aliphatic rings. The number of nitrogens with zero attached hydrogens (tertiary/aromatic N) is 3. The van der Waals surface area contributed by atoms with Crippen molar-refractivity contribution in [2.45, 2.75) is 26.7 Å². The number of non-ortho nitro benzene ring substituents is 2. The summed E-state index contributed by atoms with van der Waals surface area (Å²) in [5, 5.41) is 24.7. The van der Waals surface area contributed by atoms with Crippen molar-refractivity contribution in [1.29, 1.82) is 0 Å². The van der Waals surface area contributed by atoms with Gasteiger partial charge in [-0.05, 0) is 43.0 Å². The highest BCUT2D eigenvalue weighted by Gasteiger charge is 2.20. The molecule has 8 nitrogen and oxygen atoms in total. The quantitative estimate of drug-likeness (QED) is 0.562. The maximum absolute atomic E-state index is 10.7. The van der Waals surface area contributed by atoms with Crippen LogP contribution in [0.15, 0.2) is 48.5 Å². The average Bonchev–Trinajstić information content (AvgIpc) is 2.74. The van der Waals surface area contributed by atoms with Crippen LogP contribution in [0.1, 0.15) is 26.7 Å². The Morgan fingerprint density at radius 1 is 0.893 bits per heavy atom. The highest BCUT2D eigenvalue weighted by molar-refractivity contribution is 5.51. The summed E-state index contributed by atoms with van der Waals surface area (Å²) in [5.74, 6) is 0.527. The Morgan fingerprint density at radius 2 is 1.36 bits per heavy atom. The molecule has 1 fully saturated rings. The Bertz CT molecular complexity index is 770. The number of hydrogen-bond donors (Lipinski definition) is 1. The molecule has 28 heavy (non-hydrogen) atoms. The van der Waals surface area contributed by atoms with Crippen molar-refractivity contribution in [1.82, 2.24) is 0 Å². The minimum atomic E-state index is -0.405. The molecule has 8 heteroatoms. The number of rotatable bonds is 6. The van der Waals surface area contributed by atoms with Crippen LogP contribution in [-0.2, 0) is 0 Å². The first-order valence-electron chi connectivity index (χ1n) is 9.50. The first kappa shape index (κ1) is 21.1. The second kappa shape index (κ2) is 10.2. The summed E-state index contributed by atoms with van der Waals surface area (Å²) in [6.45, 7) is 6.64. The Balaban J connectivity index is 0.00000136. The third-order valence-corrected chi connectivity index (χ3v) is 4.71. The Morgan fingerprint density at radius 3 is 1.82 bits per heavy atom. The normalized spacial score (nSPS) is 14.0. The van der Waals surface area contributed by atoms with E-state index in [1.165, 1.54) is 24.3 Å². The van der Waals surface area contributed by atoms with Crippen molar-refractivity contribution in [3.8, 4) is 0 Å². The molecule has 1 aliphatic heterocycles. The van der Waals surface area contributed by atoms with Gasteiger partial charge in [0.05, 0.1) is 9.85 Å². The molecular formula is C20H26N4O4. The first-order valence-corrected chi connectivity index (χ1v) is 9.50. The molecule has 1 N–H and O–H groups in total. The fourth-order valence-corrected chi connectivity index (χ4v) is 3.14. The van der Waals surface area contributed by atoms with Crippen LogP contribution in [0.4, 0.5) is 22.7 Å². The molecule has 1 saturated heterocycles. The maximum Gasteiger partial charge on any atom is 0.269 e. The number of piperidine rings is 1. The van der Waals surface area contributed by atoms with Crippen LogP contribution in [0.3, 0.4) is 0 Å². The van der Waals surface area contributed by atoms with Gasteiger partial charge in [-0.25, -0.2) is 0 Å². The molecule has 3 rings (SSSR count). The fourth-order valence-electron chi connectivity index (χ4n) is 3.14. The van der Waals surface area contributed by atoms with Gasteiger partial charge >= 0.3 is 0 Å². The van der Waals surface area contributed by atoms with Crippen LogP contribution in [0.2, 0.25) is 0 Å². The van der Waals surface area contributed by atoms with E-state index in [1.807, 2.05) is 13.8 Å². The van der Waals surface area contributed by atoms with Crippen LogP contribution >= 0.6 is 0 Å². The number of benzene rings is 2. The molecule has 2 aromatic rings. The van der Waals surface area contributed by atoms with Gasteiger partial charge in [0.2, 0.25) is 0 Å². The van der Waals surface area contributed by atoms with Crippen molar-refractivity contribution >= 4 is 22.7 Å². The summed E-state index contributed by atoms with van der Waals surface area (Å²) >= 11 is 0. The molecule has 0 unspecified atom stereocenters. The van der Waals surface area contributed by atoms with E-state index in [9.17, 15) is 20.2 Å². The summed E-state index contributed by atoms with van der Waals surface area (Å²) < 4.78 is 0. The lowest BCUT2D eigenvalue weighted by molar-refractivity contribution is -0.385. The number of anilines is 2. The van der Waals surface area contributed by atoms with Crippen molar-refractivity contribution in [2.75, 3.05) is 29.9 Å². The van der Waals surface area contributed by atoms with Gasteiger partial charge in [0.1, 0.15) is 0 Å². The minimum Gasteiger partial charge on any atom is -0.385 e. The molecular weight excluding hydrogens is 360 g/mol. The second-order valence-electron chi connectivity index (χ2n) is 6.39. The standard InChI is InChI=1S/C18H20N4O4.C2H6/c23-21(24)17-3-1-15(2-4-17)19-13-14-9-11-20(12-10-14)16-5-7-18(8-6-16)22(25)26;1-2/h1-8,14,19H,9-13H2;1-2H3. The van der Waals surface area contributed by atoms with Crippen LogP contribution in [-0.4, -0.2) is 29.5 Å². The molecule has 0 spiro atoms. The lowest BCUT2D eigenvalue weighted by Crippen LogP contribution is -2.35. The molecule has 2 aromatic carbocycles. The lowest BCUT2D eigenvalue weighted by Gasteiger charge is -2.33. The third-order valence-electron chi connectivity index (χ3n) is 4.71. The van der Waals surface area contributed by atoms with Gasteiger partial charge in [-0.3, -0.25) is 20.2 Å². The van der Waals surface area contributed by atoms with Gasteiger partial charge in [-0.2, -0.15) is 0 Å². The predicted octanol–water partition coefficient (Wildman–Crippen LogP) is 4.86. The fraction of sp³-hybridized carbons (Fsp3) is 0.400. The Hall–Kier alpha value is -3.16. The van der Waals surface area contributed by atoms with E-state index < -0.39 is 4.92 Å². The summed E-state index contributed by atoms with van der Waals surface area (Å²) in [5.41, 5.74) is 2.09. The topological polar surface area (TPSA) is 102 Å². The van der Waals surface area contributed by atoms with Crippen LogP contribution in [0.5, 0.6) is 0 Å².